The van der Waals surface area contributed by atoms with Crippen LogP contribution in [-0.4, -0.2) is 26.8 Å². The molecule has 0 saturated carbocycles. The molecule has 0 fully saturated rings. The third-order valence-electron chi connectivity index (χ3n) is 4.22. The fourth-order valence-corrected chi connectivity index (χ4v) is 3.78. The molecule has 8 heteroatoms. The van der Waals surface area contributed by atoms with Gasteiger partial charge in [-0.1, -0.05) is 35.1 Å². The molecule has 0 aliphatic rings. The Hall–Kier alpha value is -2.77. The van der Waals surface area contributed by atoms with E-state index in [2.05, 4.69) is 15.4 Å². The van der Waals surface area contributed by atoms with Gasteiger partial charge < -0.3 is 15.2 Å². The first-order chi connectivity index (χ1) is 13.0. The SMILES string of the molecule is COc1ccc(O)c(C(C)Nc2nn3cc(-c4ccc(Cl)cc4)nc3s2)c1. The number of hydrogen-bond acceptors (Lipinski definition) is 6. The van der Waals surface area contributed by atoms with E-state index in [0.29, 0.717) is 10.8 Å². The van der Waals surface area contributed by atoms with Crippen molar-refractivity contribution in [2.75, 3.05) is 12.4 Å². The molecule has 138 valence electrons. The van der Waals surface area contributed by atoms with Crippen molar-refractivity contribution in [3.63, 3.8) is 0 Å². The topological polar surface area (TPSA) is 71.7 Å². The number of imidazole rings is 1. The van der Waals surface area contributed by atoms with Gasteiger partial charge in [0.1, 0.15) is 11.5 Å². The molecule has 2 aromatic carbocycles. The molecule has 2 aromatic heterocycles. The summed E-state index contributed by atoms with van der Waals surface area (Å²) in [4.78, 5) is 5.41. The molecule has 0 radical (unpaired) electrons. The monoisotopic (exact) mass is 400 g/mol. The third kappa shape index (κ3) is 3.56. The smallest absolute Gasteiger partial charge is 0.214 e. The predicted octanol–water partition coefficient (Wildman–Crippen LogP) is 5.00. The summed E-state index contributed by atoms with van der Waals surface area (Å²) < 4.78 is 6.98. The Labute approximate surface area is 165 Å². The zero-order chi connectivity index (χ0) is 19.0. The Morgan fingerprint density at radius 3 is 2.70 bits per heavy atom. The number of phenols is 1. The van der Waals surface area contributed by atoms with Crippen molar-refractivity contribution in [1.82, 2.24) is 14.6 Å². The maximum absolute atomic E-state index is 10.1. The summed E-state index contributed by atoms with van der Waals surface area (Å²) in [6.07, 6.45) is 1.88. The maximum atomic E-state index is 10.1. The van der Waals surface area contributed by atoms with Crippen LogP contribution in [-0.2, 0) is 0 Å². The fourth-order valence-electron chi connectivity index (χ4n) is 2.79. The van der Waals surface area contributed by atoms with Crippen molar-refractivity contribution >= 4 is 33.0 Å². The highest BCUT2D eigenvalue weighted by Gasteiger charge is 2.15. The lowest BCUT2D eigenvalue weighted by Gasteiger charge is -2.15. The van der Waals surface area contributed by atoms with Gasteiger partial charge in [-0.15, -0.1) is 5.10 Å². The molecule has 0 aliphatic heterocycles. The van der Waals surface area contributed by atoms with Gasteiger partial charge in [-0.3, -0.25) is 0 Å². The van der Waals surface area contributed by atoms with E-state index in [-0.39, 0.29) is 11.8 Å². The zero-order valence-electron chi connectivity index (χ0n) is 14.7. The van der Waals surface area contributed by atoms with Gasteiger partial charge in [-0.2, -0.15) is 0 Å². The molecule has 0 spiro atoms. The van der Waals surface area contributed by atoms with Crippen LogP contribution in [0.5, 0.6) is 11.5 Å². The summed E-state index contributed by atoms with van der Waals surface area (Å²) in [5, 5.41) is 19.4. The van der Waals surface area contributed by atoms with Crippen LogP contribution in [0.15, 0.2) is 48.7 Å². The van der Waals surface area contributed by atoms with Crippen molar-refractivity contribution in [2.24, 2.45) is 0 Å². The molecular formula is C19H17ClN4O2S. The van der Waals surface area contributed by atoms with Gasteiger partial charge >= 0.3 is 0 Å². The number of nitrogens with zero attached hydrogens (tertiary/aromatic N) is 3. The minimum atomic E-state index is -0.147. The summed E-state index contributed by atoms with van der Waals surface area (Å²) in [6.45, 7) is 1.96. The minimum Gasteiger partial charge on any atom is -0.508 e. The largest absolute Gasteiger partial charge is 0.508 e. The molecule has 2 heterocycles. The summed E-state index contributed by atoms with van der Waals surface area (Å²) >= 11 is 7.38. The number of rotatable bonds is 5. The fraction of sp³-hybridized carbons (Fsp3) is 0.158. The Bertz CT molecular complexity index is 1060. The highest BCUT2D eigenvalue weighted by atomic mass is 35.5. The van der Waals surface area contributed by atoms with Gasteiger partial charge in [-0.25, -0.2) is 9.50 Å². The number of ether oxygens (including phenoxy) is 1. The average molecular weight is 401 g/mol. The van der Waals surface area contributed by atoms with Gasteiger partial charge in [0.05, 0.1) is 25.0 Å². The van der Waals surface area contributed by atoms with Gasteiger partial charge in [0.25, 0.3) is 0 Å². The molecule has 6 nitrogen and oxygen atoms in total. The third-order valence-corrected chi connectivity index (χ3v) is 5.33. The van der Waals surface area contributed by atoms with Crippen LogP contribution in [0.1, 0.15) is 18.5 Å². The molecule has 4 aromatic rings. The summed E-state index contributed by atoms with van der Waals surface area (Å²) in [7, 11) is 1.60. The first-order valence-corrected chi connectivity index (χ1v) is 9.48. The van der Waals surface area contributed by atoms with Gasteiger partial charge in [-0.05, 0) is 37.3 Å². The van der Waals surface area contributed by atoms with Crippen molar-refractivity contribution in [2.45, 2.75) is 13.0 Å². The Morgan fingerprint density at radius 2 is 2.00 bits per heavy atom. The van der Waals surface area contributed by atoms with Crippen LogP contribution < -0.4 is 10.1 Å². The Kier molecular flexibility index (Phi) is 4.63. The number of hydrogen-bond donors (Lipinski definition) is 2. The van der Waals surface area contributed by atoms with Crippen LogP contribution in [0, 0.1) is 0 Å². The number of halogens is 1. The summed E-state index contributed by atoms with van der Waals surface area (Å²) in [6, 6.07) is 12.6. The quantitative estimate of drug-likeness (QED) is 0.493. The van der Waals surface area contributed by atoms with Gasteiger partial charge in [0, 0.05) is 16.1 Å². The van der Waals surface area contributed by atoms with Crippen molar-refractivity contribution in [3.05, 3.63) is 59.2 Å². The lowest BCUT2D eigenvalue weighted by molar-refractivity contribution is 0.410. The van der Waals surface area contributed by atoms with Crippen LogP contribution in [0.4, 0.5) is 5.13 Å². The van der Waals surface area contributed by atoms with Crippen LogP contribution in [0.3, 0.4) is 0 Å². The molecular weight excluding hydrogens is 384 g/mol. The van der Waals surface area contributed by atoms with E-state index < -0.39 is 0 Å². The van der Waals surface area contributed by atoms with E-state index in [1.54, 1.807) is 23.8 Å². The molecule has 0 bridgehead atoms. The lowest BCUT2D eigenvalue weighted by atomic mass is 10.1. The number of fused-ring (bicyclic) bond motifs is 1. The highest BCUT2D eigenvalue weighted by Crippen LogP contribution is 2.32. The van der Waals surface area contributed by atoms with Gasteiger partial charge in [0.2, 0.25) is 10.1 Å². The van der Waals surface area contributed by atoms with E-state index in [9.17, 15) is 5.11 Å². The van der Waals surface area contributed by atoms with Crippen LogP contribution in [0.25, 0.3) is 16.2 Å². The second-order valence-corrected chi connectivity index (χ2v) is 7.45. The van der Waals surface area contributed by atoms with Crippen LogP contribution in [0.2, 0.25) is 5.02 Å². The molecule has 0 amide bonds. The first kappa shape index (κ1) is 17.6. The Morgan fingerprint density at radius 1 is 1.22 bits per heavy atom. The number of aromatic nitrogens is 3. The second-order valence-electron chi connectivity index (χ2n) is 6.06. The number of methoxy groups -OCH3 is 1. The molecule has 4 rings (SSSR count). The van der Waals surface area contributed by atoms with Crippen molar-refractivity contribution in [3.8, 4) is 22.8 Å². The molecule has 2 N–H and O–H groups in total. The number of aromatic hydroxyl groups is 1. The molecule has 1 unspecified atom stereocenters. The van der Waals surface area contributed by atoms with Gasteiger partial charge in [0.15, 0.2) is 0 Å². The predicted molar refractivity (Wildman–Crippen MR) is 108 cm³/mol. The maximum Gasteiger partial charge on any atom is 0.214 e. The standard InChI is InChI=1S/C19H17ClN4O2S/c1-11(15-9-14(26-2)7-8-17(15)25)21-18-23-24-10-16(22-19(24)27-18)12-3-5-13(20)6-4-12/h3-11,25H,1-2H3,(H,21,23). The zero-order valence-corrected chi connectivity index (χ0v) is 16.3. The Balaban J connectivity index is 1.56. The van der Waals surface area contributed by atoms with E-state index in [0.717, 1.165) is 26.9 Å². The number of phenolic OH excluding ortho intramolecular Hbond substituents is 1. The molecule has 0 aliphatic carbocycles. The second kappa shape index (κ2) is 7.09. The highest BCUT2D eigenvalue weighted by molar-refractivity contribution is 7.20. The van der Waals surface area contributed by atoms with Crippen LogP contribution >= 0.6 is 22.9 Å². The van der Waals surface area contributed by atoms with Crippen molar-refractivity contribution in [1.29, 1.82) is 0 Å². The summed E-state index contributed by atoms with van der Waals surface area (Å²) in [5.41, 5.74) is 2.57. The first-order valence-electron chi connectivity index (χ1n) is 8.29. The normalized spacial score (nSPS) is 12.3. The van der Waals surface area contributed by atoms with E-state index in [1.807, 2.05) is 43.5 Å². The number of nitrogens with one attached hydrogen (secondary N) is 1. The minimum absolute atomic E-state index is 0.147. The molecule has 1 atom stereocenters. The molecule has 0 saturated heterocycles. The summed E-state index contributed by atoms with van der Waals surface area (Å²) in [5.74, 6) is 0.903. The number of anilines is 1. The number of benzene rings is 2. The average Bonchev–Trinajstić information content (AvgIpc) is 3.21. The van der Waals surface area contributed by atoms with Crippen molar-refractivity contribution < 1.29 is 9.84 Å². The van der Waals surface area contributed by atoms with E-state index in [4.69, 9.17) is 16.3 Å². The lowest BCUT2D eigenvalue weighted by Crippen LogP contribution is -2.07. The van der Waals surface area contributed by atoms with E-state index in [1.165, 1.54) is 11.3 Å². The molecule has 27 heavy (non-hydrogen) atoms. The van der Waals surface area contributed by atoms with E-state index >= 15 is 0 Å².